The standard InChI is InChI=1S/C22H21N3O5S/c26-20(10-14-12-31-22-24-17-5-3-4-16(17)21(27)25(14)22)23-8-1-2-9-28-15-6-7-18-19(11-15)30-13-29-18/h6-7,11,14H,3-5,8-10,12-13H2,(H,23,26)/t14-/m0/s1. The van der Waals surface area contributed by atoms with Gasteiger partial charge in [0.05, 0.1) is 18.3 Å². The van der Waals surface area contributed by atoms with Crippen molar-refractivity contribution in [3.8, 4) is 29.1 Å². The van der Waals surface area contributed by atoms with Crippen LogP contribution < -0.4 is 25.1 Å². The van der Waals surface area contributed by atoms with Gasteiger partial charge in [-0.1, -0.05) is 23.6 Å². The number of carbonyl (C=O) groups excluding carboxylic acids is 1. The number of thioether (sulfide) groups is 1. The Morgan fingerprint density at radius 2 is 2.19 bits per heavy atom. The highest BCUT2D eigenvalue weighted by Crippen LogP contribution is 2.35. The molecule has 1 aromatic carbocycles. The maximum absolute atomic E-state index is 12.8. The van der Waals surface area contributed by atoms with Gasteiger partial charge < -0.3 is 19.5 Å². The summed E-state index contributed by atoms with van der Waals surface area (Å²) in [7, 11) is 0. The van der Waals surface area contributed by atoms with Crippen molar-refractivity contribution < 1.29 is 19.0 Å². The van der Waals surface area contributed by atoms with Gasteiger partial charge in [-0.25, -0.2) is 4.98 Å². The predicted octanol–water partition coefficient (Wildman–Crippen LogP) is 1.70. The lowest BCUT2D eigenvalue weighted by Crippen LogP contribution is -2.32. The molecule has 0 saturated carbocycles. The highest BCUT2D eigenvalue weighted by molar-refractivity contribution is 7.99. The van der Waals surface area contributed by atoms with E-state index in [0.29, 0.717) is 23.0 Å². The third kappa shape index (κ3) is 4.08. The van der Waals surface area contributed by atoms with Crippen LogP contribution in [-0.2, 0) is 17.6 Å². The summed E-state index contributed by atoms with van der Waals surface area (Å²) in [6, 6.07) is 5.18. The number of nitrogens with zero attached hydrogens (tertiary/aromatic N) is 2. The van der Waals surface area contributed by atoms with Gasteiger partial charge in [0.2, 0.25) is 12.7 Å². The average Bonchev–Trinajstić information content (AvgIpc) is 3.50. The first kappa shape index (κ1) is 19.8. The second-order valence-corrected chi connectivity index (χ2v) is 8.44. The van der Waals surface area contributed by atoms with Gasteiger partial charge in [0, 0.05) is 23.8 Å². The van der Waals surface area contributed by atoms with E-state index in [-0.39, 0.29) is 43.9 Å². The number of hydrogen-bond donors (Lipinski definition) is 1. The molecule has 1 aliphatic carbocycles. The van der Waals surface area contributed by atoms with Crippen LogP contribution in [-0.4, -0.2) is 41.2 Å². The van der Waals surface area contributed by atoms with E-state index in [4.69, 9.17) is 14.2 Å². The number of benzene rings is 1. The molecule has 2 aliphatic heterocycles. The minimum atomic E-state index is -0.159. The second-order valence-electron chi connectivity index (χ2n) is 7.45. The molecule has 5 rings (SSSR count). The van der Waals surface area contributed by atoms with Crippen molar-refractivity contribution in [2.45, 2.75) is 36.9 Å². The number of hydrogen-bond acceptors (Lipinski definition) is 7. The Balaban J connectivity index is 1.10. The van der Waals surface area contributed by atoms with Gasteiger partial charge in [0.15, 0.2) is 16.7 Å². The van der Waals surface area contributed by atoms with E-state index in [2.05, 4.69) is 22.1 Å². The normalized spacial score (nSPS) is 17.5. The quantitative estimate of drug-likeness (QED) is 0.560. The van der Waals surface area contributed by atoms with Gasteiger partial charge in [-0.3, -0.25) is 14.2 Å². The van der Waals surface area contributed by atoms with Crippen LogP contribution in [0.3, 0.4) is 0 Å². The molecule has 1 atom stereocenters. The van der Waals surface area contributed by atoms with Gasteiger partial charge in [-0.15, -0.1) is 0 Å². The lowest BCUT2D eigenvalue weighted by atomic mass is 10.2. The zero-order valence-electron chi connectivity index (χ0n) is 16.8. The summed E-state index contributed by atoms with van der Waals surface area (Å²) in [6.07, 6.45) is 2.89. The molecular formula is C22H21N3O5S. The van der Waals surface area contributed by atoms with E-state index in [1.807, 2.05) is 0 Å². The minimum absolute atomic E-state index is 0.0285. The number of ether oxygens (including phenoxy) is 3. The van der Waals surface area contributed by atoms with Crippen LogP contribution in [0.2, 0.25) is 0 Å². The van der Waals surface area contributed by atoms with E-state index in [9.17, 15) is 9.59 Å². The fourth-order valence-corrected chi connectivity index (χ4v) is 5.09. The molecule has 2 aromatic rings. The van der Waals surface area contributed by atoms with Crippen molar-refractivity contribution in [3.05, 3.63) is 39.8 Å². The molecule has 0 fully saturated rings. The summed E-state index contributed by atoms with van der Waals surface area (Å²) in [5.41, 5.74) is 1.79. The predicted molar refractivity (Wildman–Crippen MR) is 114 cm³/mol. The molecular weight excluding hydrogens is 418 g/mol. The molecule has 1 amide bonds. The maximum Gasteiger partial charge on any atom is 0.257 e. The fourth-order valence-electron chi connectivity index (χ4n) is 3.93. The van der Waals surface area contributed by atoms with E-state index in [0.717, 1.165) is 35.7 Å². The molecule has 0 bridgehead atoms. The molecule has 1 aromatic heterocycles. The van der Waals surface area contributed by atoms with Gasteiger partial charge in [-0.05, 0) is 31.4 Å². The van der Waals surface area contributed by atoms with Crippen LogP contribution in [0.4, 0.5) is 0 Å². The SMILES string of the molecule is O=C(C[C@H]1CSc2nc3c(c(=O)n21)CCC3)NCC#CCOc1ccc2c(c1)OCO2. The van der Waals surface area contributed by atoms with Crippen molar-refractivity contribution in [1.29, 1.82) is 0 Å². The molecule has 9 heteroatoms. The average molecular weight is 439 g/mol. The van der Waals surface area contributed by atoms with Crippen molar-refractivity contribution in [2.75, 3.05) is 25.7 Å². The van der Waals surface area contributed by atoms with Crippen LogP contribution in [0.5, 0.6) is 17.2 Å². The first-order valence-corrected chi connectivity index (χ1v) is 11.2. The second kappa shape index (κ2) is 8.55. The van der Waals surface area contributed by atoms with Gasteiger partial charge in [-0.2, -0.15) is 0 Å². The Bertz CT molecular complexity index is 1150. The minimum Gasteiger partial charge on any atom is -0.481 e. The summed E-state index contributed by atoms with van der Waals surface area (Å²) < 4.78 is 17.8. The summed E-state index contributed by atoms with van der Waals surface area (Å²) in [6.45, 7) is 0.651. The fraction of sp³-hybridized carbons (Fsp3) is 0.409. The number of aryl methyl sites for hydroxylation is 1. The summed E-state index contributed by atoms with van der Waals surface area (Å²) >= 11 is 1.55. The van der Waals surface area contributed by atoms with Crippen molar-refractivity contribution in [1.82, 2.24) is 14.9 Å². The van der Waals surface area contributed by atoms with Crippen molar-refractivity contribution >= 4 is 17.7 Å². The number of carbonyl (C=O) groups is 1. The number of aromatic nitrogens is 2. The molecule has 1 N–H and O–H groups in total. The molecule has 3 aliphatic rings. The number of fused-ring (bicyclic) bond motifs is 3. The lowest BCUT2D eigenvalue weighted by molar-refractivity contribution is -0.121. The molecule has 8 nitrogen and oxygen atoms in total. The number of rotatable bonds is 5. The monoisotopic (exact) mass is 439 g/mol. The Kier molecular flexibility index (Phi) is 5.47. The molecule has 0 radical (unpaired) electrons. The molecule has 31 heavy (non-hydrogen) atoms. The highest BCUT2D eigenvalue weighted by Gasteiger charge is 2.30. The summed E-state index contributed by atoms with van der Waals surface area (Å²) in [4.78, 5) is 29.8. The third-order valence-electron chi connectivity index (χ3n) is 5.45. The first-order valence-electron chi connectivity index (χ1n) is 10.2. The Morgan fingerprint density at radius 3 is 3.13 bits per heavy atom. The third-order valence-corrected chi connectivity index (χ3v) is 6.54. The topological polar surface area (TPSA) is 91.7 Å². The van der Waals surface area contributed by atoms with Crippen LogP contribution >= 0.6 is 11.8 Å². The van der Waals surface area contributed by atoms with E-state index in [1.54, 1.807) is 34.5 Å². The maximum atomic E-state index is 12.8. The Hall–Kier alpha value is -3.12. The smallest absolute Gasteiger partial charge is 0.257 e. The lowest BCUT2D eigenvalue weighted by Gasteiger charge is -2.13. The Labute approximate surface area is 183 Å². The Morgan fingerprint density at radius 1 is 1.29 bits per heavy atom. The van der Waals surface area contributed by atoms with Crippen LogP contribution in [0.25, 0.3) is 0 Å². The first-order chi connectivity index (χ1) is 15.2. The van der Waals surface area contributed by atoms with Gasteiger partial charge in [0.25, 0.3) is 5.56 Å². The van der Waals surface area contributed by atoms with E-state index >= 15 is 0 Å². The van der Waals surface area contributed by atoms with Crippen LogP contribution in [0.1, 0.15) is 30.1 Å². The summed E-state index contributed by atoms with van der Waals surface area (Å²) in [5, 5.41) is 3.53. The number of nitrogens with one attached hydrogen (secondary N) is 1. The molecule has 3 heterocycles. The molecule has 0 saturated heterocycles. The molecule has 160 valence electrons. The van der Waals surface area contributed by atoms with Crippen LogP contribution in [0.15, 0.2) is 28.2 Å². The molecule has 0 unspecified atom stereocenters. The number of amides is 1. The van der Waals surface area contributed by atoms with Crippen LogP contribution in [0, 0.1) is 11.8 Å². The van der Waals surface area contributed by atoms with Crippen molar-refractivity contribution in [2.24, 2.45) is 0 Å². The summed E-state index contributed by atoms with van der Waals surface area (Å²) in [5.74, 6) is 8.32. The zero-order chi connectivity index (χ0) is 21.2. The highest BCUT2D eigenvalue weighted by atomic mass is 32.2. The van der Waals surface area contributed by atoms with E-state index in [1.165, 1.54) is 0 Å². The van der Waals surface area contributed by atoms with E-state index < -0.39 is 0 Å². The largest absolute Gasteiger partial charge is 0.481 e. The van der Waals surface area contributed by atoms with Crippen molar-refractivity contribution in [3.63, 3.8) is 0 Å². The van der Waals surface area contributed by atoms with Gasteiger partial charge in [0.1, 0.15) is 12.4 Å². The molecule has 0 spiro atoms. The zero-order valence-corrected chi connectivity index (χ0v) is 17.6. The van der Waals surface area contributed by atoms with Gasteiger partial charge >= 0.3 is 0 Å².